The van der Waals surface area contributed by atoms with Gasteiger partial charge in [0.1, 0.15) is 5.82 Å². The smallest absolute Gasteiger partial charge is 0.132 e. The SMILES string of the molecule is CP(NP1[C@@H](c2ccccc2)CC[C@@H]1c1ccccc1)c1ccccc1F. The van der Waals surface area contributed by atoms with Crippen LogP contribution in [0.5, 0.6) is 0 Å². The maximum absolute atomic E-state index is 14.3. The number of halogens is 1. The van der Waals surface area contributed by atoms with E-state index < -0.39 is 16.1 Å². The topological polar surface area (TPSA) is 12.0 Å². The van der Waals surface area contributed by atoms with Gasteiger partial charge in [-0.2, -0.15) is 0 Å². The zero-order valence-electron chi connectivity index (χ0n) is 15.4. The Kier molecular flexibility index (Phi) is 5.98. The molecule has 1 heterocycles. The molecule has 0 bridgehead atoms. The second kappa shape index (κ2) is 8.61. The standard InChI is InChI=1S/C23H24FNP2/c1-26(23-15-9-8-14-20(23)24)25-27-21(18-10-4-2-5-11-18)16-17-22(27)19-12-6-3-7-13-19/h2-15,21-22,25H,16-17H2,1H3/t21-,22-,26?/m1/s1. The first-order valence-corrected chi connectivity index (χ1v) is 12.6. The van der Waals surface area contributed by atoms with Crippen molar-refractivity contribution < 1.29 is 4.39 Å². The first kappa shape index (κ1) is 18.8. The van der Waals surface area contributed by atoms with E-state index in [0.29, 0.717) is 11.3 Å². The first-order chi connectivity index (χ1) is 13.2. The van der Waals surface area contributed by atoms with Gasteiger partial charge < -0.3 is 0 Å². The minimum absolute atomic E-state index is 0.0969. The molecule has 0 saturated carbocycles. The quantitative estimate of drug-likeness (QED) is 0.472. The summed E-state index contributed by atoms with van der Waals surface area (Å²) in [4.78, 5) is 3.92. The normalized spacial score (nSPS) is 21.3. The summed E-state index contributed by atoms with van der Waals surface area (Å²) in [5, 5.41) is 0.820. The molecule has 0 aromatic heterocycles. The summed E-state index contributed by atoms with van der Waals surface area (Å²) >= 11 is 0. The molecule has 0 aliphatic carbocycles. The lowest BCUT2D eigenvalue weighted by atomic mass is 10.0. The van der Waals surface area contributed by atoms with Crippen molar-refractivity contribution in [3.63, 3.8) is 0 Å². The van der Waals surface area contributed by atoms with Crippen molar-refractivity contribution in [2.45, 2.75) is 24.2 Å². The largest absolute Gasteiger partial charge is 0.269 e. The van der Waals surface area contributed by atoms with Gasteiger partial charge in [0.25, 0.3) is 0 Å². The van der Waals surface area contributed by atoms with Gasteiger partial charge in [-0.3, -0.25) is 4.86 Å². The average molecular weight is 395 g/mol. The van der Waals surface area contributed by atoms with Gasteiger partial charge in [0.15, 0.2) is 0 Å². The summed E-state index contributed by atoms with van der Waals surface area (Å²) in [7, 11) is -1.23. The van der Waals surface area contributed by atoms with Crippen LogP contribution in [0.3, 0.4) is 0 Å². The van der Waals surface area contributed by atoms with E-state index >= 15 is 0 Å². The highest BCUT2D eigenvalue weighted by Crippen LogP contribution is 2.70. The van der Waals surface area contributed by atoms with Crippen LogP contribution in [0.2, 0.25) is 0 Å². The molecular weight excluding hydrogens is 371 g/mol. The van der Waals surface area contributed by atoms with Gasteiger partial charge in [-0.25, -0.2) is 4.39 Å². The van der Waals surface area contributed by atoms with Gasteiger partial charge in [-0.05, 0) is 52.8 Å². The van der Waals surface area contributed by atoms with Gasteiger partial charge in [-0.15, -0.1) is 0 Å². The molecule has 0 radical (unpaired) electrons. The molecular formula is C23H24FNP2. The summed E-state index contributed by atoms with van der Waals surface area (Å²) in [6.45, 7) is 2.15. The number of rotatable bonds is 5. The van der Waals surface area contributed by atoms with Crippen LogP contribution in [0.25, 0.3) is 0 Å². The predicted molar refractivity (Wildman–Crippen MR) is 117 cm³/mol. The van der Waals surface area contributed by atoms with E-state index in [0.717, 1.165) is 5.30 Å². The Labute approximate surface area is 163 Å². The highest BCUT2D eigenvalue weighted by Gasteiger charge is 2.38. The Morgan fingerprint density at radius 2 is 1.26 bits per heavy atom. The van der Waals surface area contributed by atoms with Crippen LogP contribution in [0, 0.1) is 5.82 Å². The number of nitrogens with one attached hydrogen (secondary N) is 1. The van der Waals surface area contributed by atoms with Gasteiger partial charge in [0, 0.05) is 16.6 Å². The van der Waals surface area contributed by atoms with Crippen LogP contribution in [0.4, 0.5) is 4.39 Å². The van der Waals surface area contributed by atoms with Crippen LogP contribution in [-0.4, -0.2) is 6.66 Å². The van der Waals surface area contributed by atoms with E-state index in [9.17, 15) is 4.39 Å². The van der Waals surface area contributed by atoms with E-state index in [-0.39, 0.29) is 5.82 Å². The molecule has 1 nitrogen and oxygen atoms in total. The lowest BCUT2D eigenvalue weighted by Crippen LogP contribution is -2.16. The maximum atomic E-state index is 14.3. The lowest BCUT2D eigenvalue weighted by molar-refractivity contribution is 0.636. The van der Waals surface area contributed by atoms with Crippen LogP contribution >= 0.6 is 16.1 Å². The molecule has 3 atom stereocenters. The molecule has 27 heavy (non-hydrogen) atoms. The molecule has 1 unspecified atom stereocenters. The molecule has 3 aromatic carbocycles. The highest BCUT2D eigenvalue weighted by molar-refractivity contribution is 7.75. The Morgan fingerprint density at radius 3 is 1.78 bits per heavy atom. The van der Waals surface area contributed by atoms with E-state index in [1.807, 2.05) is 12.1 Å². The van der Waals surface area contributed by atoms with Crippen molar-refractivity contribution >= 4 is 21.4 Å². The summed E-state index contributed by atoms with van der Waals surface area (Å²) in [5.41, 5.74) is 3.85. The predicted octanol–water partition coefficient (Wildman–Crippen LogP) is 6.74. The van der Waals surface area contributed by atoms with Crippen molar-refractivity contribution in [3.8, 4) is 0 Å². The van der Waals surface area contributed by atoms with Crippen molar-refractivity contribution in [2.24, 2.45) is 0 Å². The van der Waals surface area contributed by atoms with Crippen molar-refractivity contribution in [3.05, 3.63) is 102 Å². The molecule has 1 aliphatic rings. The Hall–Kier alpha value is -1.59. The molecule has 1 saturated heterocycles. The fourth-order valence-corrected chi connectivity index (χ4v) is 9.82. The molecule has 138 valence electrons. The Bertz CT molecular complexity index is 824. The Morgan fingerprint density at radius 1 is 0.778 bits per heavy atom. The van der Waals surface area contributed by atoms with E-state index in [4.69, 9.17) is 0 Å². The van der Waals surface area contributed by atoms with Gasteiger partial charge >= 0.3 is 0 Å². The van der Waals surface area contributed by atoms with Gasteiger partial charge in [-0.1, -0.05) is 78.9 Å². The maximum Gasteiger partial charge on any atom is 0.132 e. The van der Waals surface area contributed by atoms with E-state index in [2.05, 4.69) is 72.2 Å². The molecule has 0 spiro atoms. The molecule has 1 aliphatic heterocycles. The second-order valence-electron chi connectivity index (χ2n) is 6.95. The third-order valence-corrected chi connectivity index (χ3v) is 10.9. The molecule has 4 rings (SSSR count). The fourth-order valence-electron chi connectivity index (χ4n) is 3.91. The third-order valence-electron chi connectivity index (χ3n) is 5.23. The highest BCUT2D eigenvalue weighted by atomic mass is 31.2. The minimum Gasteiger partial charge on any atom is -0.269 e. The molecule has 4 heteroatoms. The summed E-state index contributed by atoms with van der Waals surface area (Å²) in [5.74, 6) is -0.0969. The summed E-state index contributed by atoms with van der Waals surface area (Å²) in [6.07, 6.45) is 2.37. The van der Waals surface area contributed by atoms with Gasteiger partial charge in [0.2, 0.25) is 0 Å². The lowest BCUT2D eigenvalue weighted by Gasteiger charge is -2.30. The second-order valence-corrected chi connectivity index (χ2v) is 11.4. The molecule has 3 aromatic rings. The monoisotopic (exact) mass is 395 g/mol. The zero-order valence-corrected chi connectivity index (χ0v) is 17.2. The fraction of sp³-hybridized carbons (Fsp3) is 0.217. The first-order valence-electron chi connectivity index (χ1n) is 9.37. The number of benzene rings is 3. The summed E-state index contributed by atoms with van der Waals surface area (Å²) < 4.78 is 14.3. The van der Waals surface area contributed by atoms with Gasteiger partial charge in [0.05, 0.1) is 0 Å². The van der Waals surface area contributed by atoms with Crippen LogP contribution in [-0.2, 0) is 0 Å². The molecule has 1 fully saturated rings. The molecule has 1 N–H and O–H groups in total. The van der Waals surface area contributed by atoms with Crippen molar-refractivity contribution in [1.29, 1.82) is 0 Å². The third kappa shape index (κ3) is 4.14. The van der Waals surface area contributed by atoms with Crippen molar-refractivity contribution in [2.75, 3.05) is 6.66 Å². The Balaban J connectivity index is 1.65. The van der Waals surface area contributed by atoms with Crippen LogP contribution < -0.4 is 10.2 Å². The minimum atomic E-state index is -0.738. The van der Waals surface area contributed by atoms with E-state index in [1.165, 1.54) is 24.0 Å². The van der Waals surface area contributed by atoms with E-state index in [1.54, 1.807) is 12.1 Å². The van der Waals surface area contributed by atoms with Crippen LogP contribution in [0.15, 0.2) is 84.9 Å². The van der Waals surface area contributed by atoms with Crippen LogP contribution in [0.1, 0.15) is 35.3 Å². The number of hydrogen-bond acceptors (Lipinski definition) is 1. The molecule has 0 amide bonds. The summed E-state index contributed by atoms with van der Waals surface area (Å²) in [6, 6.07) is 28.9. The zero-order chi connectivity index (χ0) is 18.6. The average Bonchev–Trinajstić information content (AvgIpc) is 3.13. The van der Waals surface area contributed by atoms with Crippen molar-refractivity contribution in [1.82, 2.24) is 4.86 Å². The number of hydrogen-bond donors (Lipinski definition) is 1.